The third-order valence-corrected chi connectivity index (χ3v) is 4.19. The van der Waals surface area contributed by atoms with E-state index in [1.54, 1.807) is 25.1 Å². The summed E-state index contributed by atoms with van der Waals surface area (Å²) in [5, 5.41) is 10.3. The Kier molecular flexibility index (Phi) is 6.10. The summed E-state index contributed by atoms with van der Waals surface area (Å²) in [6.45, 7) is 6.50. The van der Waals surface area contributed by atoms with Gasteiger partial charge >= 0.3 is 5.97 Å². The molecule has 1 aliphatic rings. The predicted octanol–water partition coefficient (Wildman–Crippen LogP) is 2.48. The van der Waals surface area contributed by atoms with Crippen molar-refractivity contribution < 1.29 is 19.1 Å². The fourth-order valence-corrected chi connectivity index (χ4v) is 2.88. The summed E-state index contributed by atoms with van der Waals surface area (Å²) in [7, 11) is 2.10. The van der Waals surface area contributed by atoms with Gasteiger partial charge in [0.05, 0.1) is 13.2 Å². The highest BCUT2D eigenvalue weighted by molar-refractivity contribution is 6.04. The average Bonchev–Trinajstić information content (AvgIpc) is 2.87. The van der Waals surface area contributed by atoms with Gasteiger partial charge in [-0.1, -0.05) is 0 Å². The second-order valence-corrected chi connectivity index (χ2v) is 5.88. The number of benzene rings is 1. The zero-order valence-electron chi connectivity index (χ0n) is 13.9. The average molecular weight is 355 g/mol. The Morgan fingerprint density at radius 2 is 2.00 bits per heavy atom. The smallest absolute Gasteiger partial charge is 0.342 e. The van der Waals surface area contributed by atoms with Crippen LogP contribution in [0, 0.1) is 0 Å². The van der Waals surface area contributed by atoms with Gasteiger partial charge in [-0.05, 0) is 32.2 Å². The summed E-state index contributed by atoms with van der Waals surface area (Å²) < 4.78 is 11.1. The lowest BCUT2D eigenvalue weighted by Gasteiger charge is -2.31. The number of hydrogen-bond donors (Lipinski definition) is 1. The lowest BCUT2D eigenvalue weighted by molar-refractivity contribution is 0.0522. The van der Waals surface area contributed by atoms with Crippen LogP contribution in [-0.4, -0.2) is 60.7 Å². The Hall–Kier alpha value is -1.76. The van der Waals surface area contributed by atoms with E-state index >= 15 is 0 Å². The number of phenolic OH excluding ortho intramolecular Hbond substituents is 1. The number of fused-ring (bicyclic) bond motifs is 1. The van der Waals surface area contributed by atoms with E-state index in [-0.39, 0.29) is 18.2 Å². The molecule has 6 nitrogen and oxygen atoms in total. The molecule has 0 radical (unpaired) electrons. The lowest BCUT2D eigenvalue weighted by Crippen LogP contribution is -2.44. The molecule has 1 aliphatic heterocycles. The van der Waals surface area contributed by atoms with Crippen LogP contribution in [0.15, 0.2) is 22.6 Å². The second kappa shape index (κ2) is 7.88. The topological polar surface area (TPSA) is 66.2 Å². The Morgan fingerprint density at radius 1 is 1.29 bits per heavy atom. The summed E-state index contributed by atoms with van der Waals surface area (Å²) in [6.07, 6.45) is 0. The number of nitrogens with zero attached hydrogens (tertiary/aromatic N) is 2. The van der Waals surface area contributed by atoms with Crippen molar-refractivity contribution in [1.29, 1.82) is 0 Å². The fraction of sp³-hybridized carbons (Fsp3) is 0.471. The molecular formula is C17H23ClN2O4. The number of esters is 1. The van der Waals surface area contributed by atoms with Crippen molar-refractivity contribution in [3.05, 3.63) is 29.5 Å². The van der Waals surface area contributed by atoms with Crippen LogP contribution < -0.4 is 0 Å². The molecule has 2 aromatic rings. The Bertz CT molecular complexity index is 708. The number of piperazine rings is 1. The molecule has 132 valence electrons. The largest absolute Gasteiger partial charge is 0.508 e. The van der Waals surface area contributed by atoms with Gasteiger partial charge in [0, 0.05) is 31.6 Å². The van der Waals surface area contributed by atoms with E-state index in [9.17, 15) is 9.90 Å². The number of phenols is 1. The predicted molar refractivity (Wildman–Crippen MR) is 93.9 cm³/mol. The van der Waals surface area contributed by atoms with E-state index in [4.69, 9.17) is 9.15 Å². The van der Waals surface area contributed by atoms with Crippen molar-refractivity contribution in [2.45, 2.75) is 13.5 Å². The summed E-state index contributed by atoms with van der Waals surface area (Å²) >= 11 is 0. The molecule has 7 heteroatoms. The zero-order chi connectivity index (χ0) is 16.4. The number of aromatic hydroxyl groups is 1. The number of carbonyl (C=O) groups is 1. The monoisotopic (exact) mass is 354 g/mol. The Labute approximate surface area is 147 Å². The van der Waals surface area contributed by atoms with Gasteiger partial charge in [-0.2, -0.15) is 0 Å². The maximum atomic E-state index is 12.4. The zero-order valence-corrected chi connectivity index (χ0v) is 14.8. The maximum Gasteiger partial charge on any atom is 0.342 e. The molecule has 3 rings (SSSR count). The highest BCUT2D eigenvalue weighted by Crippen LogP contribution is 2.30. The molecule has 0 saturated carbocycles. The number of furan rings is 1. The molecule has 24 heavy (non-hydrogen) atoms. The van der Waals surface area contributed by atoms with Gasteiger partial charge in [-0.15, -0.1) is 12.4 Å². The minimum Gasteiger partial charge on any atom is -0.508 e. The third-order valence-electron chi connectivity index (χ3n) is 4.19. The van der Waals surface area contributed by atoms with Crippen molar-refractivity contribution in [3.63, 3.8) is 0 Å². The van der Waals surface area contributed by atoms with E-state index in [0.717, 1.165) is 26.2 Å². The molecule has 0 bridgehead atoms. The molecule has 1 N–H and O–H groups in total. The van der Waals surface area contributed by atoms with Crippen molar-refractivity contribution in [2.75, 3.05) is 39.8 Å². The van der Waals surface area contributed by atoms with Crippen LogP contribution in [0.2, 0.25) is 0 Å². The quantitative estimate of drug-likeness (QED) is 0.851. The van der Waals surface area contributed by atoms with Crippen LogP contribution in [0.25, 0.3) is 11.0 Å². The minimum atomic E-state index is -0.402. The van der Waals surface area contributed by atoms with E-state index < -0.39 is 5.97 Å². The van der Waals surface area contributed by atoms with Gasteiger partial charge < -0.3 is 19.2 Å². The lowest BCUT2D eigenvalue weighted by atomic mass is 10.1. The first kappa shape index (κ1) is 18.6. The first-order valence-electron chi connectivity index (χ1n) is 7.91. The molecule has 1 saturated heterocycles. The van der Waals surface area contributed by atoms with E-state index in [2.05, 4.69) is 16.8 Å². The Morgan fingerprint density at radius 3 is 2.67 bits per heavy atom. The van der Waals surface area contributed by atoms with Crippen molar-refractivity contribution >= 4 is 29.3 Å². The van der Waals surface area contributed by atoms with Crippen molar-refractivity contribution in [2.24, 2.45) is 0 Å². The van der Waals surface area contributed by atoms with Gasteiger partial charge in [0.15, 0.2) is 0 Å². The van der Waals surface area contributed by atoms with Crippen LogP contribution in [0.3, 0.4) is 0 Å². The minimum absolute atomic E-state index is 0. The fourth-order valence-electron chi connectivity index (χ4n) is 2.88. The number of carbonyl (C=O) groups excluding carboxylic acids is 1. The van der Waals surface area contributed by atoms with Gasteiger partial charge in [-0.25, -0.2) is 4.79 Å². The summed E-state index contributed by atoms with van der Waals surface area (Å²) in [4.78, 5) is 16.9. The standard InChI is InChI=1S/C17H22N2O4.ClH/c1-3-22-17(21)16-13-10-12(20)4-5-14(13)23-15(16)11-19-8-6-18(2)7-9-19;/h4-5,10,20H,3,6-9,11H2,1-2H3;1H. The molecule has 0 aliphatic carbocycles. The first-order valence-corrected chi connectivity index (χ1v) is 7.91. The number of likely N-dealkylation sites (N-methyl/N-ethyl adjacent to an activating group) is 1. The van der Waals surface area contributed by atoms with Crippen LogP contribution in [-0.2, 0) is 11.3 Å². The number of ether oxygens (including phenoxy) is 1. The first-order chi connectivity index (χ1) is 11.1. The van der Waals surface area contributed by atoms with E-state index in [1.165, 1.54) is 0 Å². The number of rotatable bonds is 4. The summed E-state index contributed by atoms with van der Waals surface area (Å²) in [5.74, 6) is 0.310. The third kappa shape index (κ3) is 3.83. The van der Waals surface area contributed by atoms with Gasteiger partial charge in [0.2, 0.25) is 0 Å². The van der Waals surface area contributed by atoms with E-state index in [1.807, 2.05) is 0 Å². The molecule has 1 aromatic heterocycles. The summed E-state index contributed by atoms with van der Waals surface area (Å²) in [6, 6.07) is 4.79. The van der Waals surface area contributed by atoms with Crippen LogP contribution >= 0.6 is 12.4 Å². The molecule has 1 fully saturated rings. The van der Waals surface area contributed by atoms with Gasteiger partial charge in [0.25, 0.3) is 0 Å². The van der Waals surface area contributed by atoms with Crippen LogP contribution in [0.1, 0.15) is 23.0 Å². The van der Waals surface area contributed by atoms with Crippen LogP contribution in [0.4, 0.5) is 0 Å². The molecular weight excluding hydrogens is 332 g/mol. The molecule has 0 spiro atoms. The molecule has 0 unspecified atom stereocenters. The second-order valence-electron chi connectivity index (χ2n) is 5.88. The highest BCUT2D eigenvalue weighted by Gasteiger charge is 2.25. The van der Waals surface area contributed by atoms with Crippen molar-refractivity contribution in [1.82, 2.24) is 9.80 Å². The van der Waals surface area contributed by atoms with Gasteiger partial charge in [-0.3, -0.25) is 4.90 Å². The maximum absolute atomic E-state index is 12.4. The molecule has 0 amide bonds. The SMILES string of the molecule is CCOC(=O)c1c(CN2CCN(C)CC2)oc2ccc(O)cc12.Cl. The summed E-state index contributed by atoms with van der Waals surface area (Å²) in [5.41, 5.74) is 1.02. The molecule has 2 heterocycles. The van der Waals surface area contributed by atoms with Crippen molar-refractivity contribution in [3.8, 4) is 5.75 Å². The normalized spacial score (nSPS) is 16.1. The number of halogens is 1. The van der Waals surface area contributed by atoms with E-state index in [0.29, 0.717) is 35.4 Å². The highest BCUT2D eigenvalue weighted by atomic mass is 35.5. The van der Waals surface area contributed by atoms with Gasteiger partial charge in [0.1, 0.15) is 22.7 Å². The van der Waals surface area contributed by atoms with Crippen LogP contribution in [0.5, 0.6) is 5.75 Å². The Balaban J connectivity index is 0.00000208. The molecule has 1 aromatic carbocycles. The molecule has 0 atom stereocenters. The number of hydrogen-bond acceptors (Lipinski definition) is 6.